The van der Waals surface area contributed by atoms with Crippen LogP contribution in [-0.4, -0.2) is 41.9 Å². The standard InChI is InChI=1S/C18H21FN2O4/c1-4-18(17(24)25-5-2)13-12(15(22)21(3)16(13)23)14(20-18)10-8-6-7-9-11(10)19/h6-9,12-14,20H,4-5H2,1-3H3/p+1/t12-,13+,14-,18-/m0/s1. The van der Waals surface area contributed by atoms with E-state index in [1.807, 2.05) is 0 Å². The SMILES string of the molecule is CCOC(=O)[C@@]1(CC)[NH2+][C@@H](c2ccccc2F)[C@H]2C(=O)N(C)C(=O)[C@@H]21. The van der Waals surface area contributed by atoms with Crippen LogP contribution < -0.4 is 5.32 Å². The zero-order valence-corrected chi connectivity index (χ0v) is 14.5. The predicted molar refractivity (Wildman–Crippen MR) is 85.5 cm³/mol. The molecule has 2 aliphatic heterocycles. The van der Waals surface area contributed by atoms with E-state index in [1.54, 1.807) is 37.4 Å². The number of imide groups is 1. The van der Waals surface area contributed by atoms with Crippen LogP contribution in [0.2, 0.25) is 0 Å². The smallest absolute Gasteiger partial charge is 0.368 e. The molecule has 0 radical (unpaired) electrons. The van der Waals surface area contributed by atoms with Crippen LogP contribution in [0, 0.1) is 17.7 Å². The zero-order valence-electron chi connectivity index (χ0n) is 14.5. The lowest BCUT2D eigenvalue weighted by atomic mass is 9.78. The summed E-state index contributed by atoms with van der Waals surface area (Å²) in [6.45, 7) is 3.65. The minimum atomic E-state index is -1.22. The zero-order chi connectivity index (χ0) is 18.4. The van der Waals surface area contributed by atoms with Crippen molar-refractivity contribution in [2.45, 2.75) is 31.8 Å². The van der Waals surface area contributed by atoms with E-state index in [-0.39, 0.29) is 12.5 Å². The van der Waals surface area contributed by atoms with Crippen molar-refractivity contribution < 1.29 is 28.8 Å². The highest BCUT2D eigenvalue weighted by atomic mass is 19.1. The van der Waals surface area contributed by atoms with Gasteiger partial charge < -0.3 is 10.1 Å². The Kier molecular flexibility index (Phi) is 4.36. The van der Waals surface area contributed by atoms with Crippen LogP contribution in [0.25, 0.3) is 0 Å². The first kappa shape index (κ1) is 17.5. The molecule has 0 spiro atoms. The summed E-state index contributed by atoms with van der Waals surface area (Å²) in [5.74, 6) is -3.38. The number of carbonyl (C=O) groups excluding carboxylic acids is 3. The monoisotopic (exact) mass is 349 g/mol. The van der Waals surface area contributed by atoms with Crippen LogP contribution in [0.1, 0.15) is 31.9 Å². The number of carbonyl (C=O) groups is 3. The van der Waals surface area contributed by atoms with Crippen LogP contribution in [0.15, 0.2) is 24.3 Å². The van der Waals surface area contributed by atoms with Crippen LogP contribution in [0.4, 0.5) is 4.39 Å². The number of rotatable bonds is 4. The van der Waals surface area contributed by atoms with Gasteiger partial charge in [0, 0.05) is 19.0 Å². The Morgan fingerprint density at radius 1 is 1.28 bits per heavy atom. The molecule has 2 N–H and O–H groups in total. The molecule has 1 aromatic rings. The number of likely N-dealkylation sites (tertiary alicyclic amines) is 1. The summed E-state index contributed by atoms with van der Waals surface area (Å²) < 4.78 is 19.6. The van der Waals surface area contributed by atoms with Crippen LogP contribution in [0.3, 0.4) is 0 Å². The molecule has 6 nitrogen and oxygen atoms in total. The summed E-state index contributed by atoms with van der Waals surface area (Å²) in [5, 5.41) is 1.67. The fraction of sp³-hybridized carbons (Fsp3) is 0.500. The summed E-state index contributed by atoms with van der Waals surface area (Å²) in [6.07, 6.45) is 0.310. The molecule has 134 valence electrons. The lowest BCUT2D eigenvalue weighted by molar-refractivity contribution is -0.734. The Morgan fingerprint density at radius 3 is 2.56 bits per heavy atom. The number of amides is 2. The highest BCUT2D eigenvalue weighted by Crippen LogP contribution is 2.45. The molecule has 2 fully saturated rings. The number of esters is 1. The van der Waals surface area contributed by atoms with E-state index in [2.05, 4.69) is 0 Å². The second-order valence-corrected chi connectivity index (χ2v) is 6.57. The largest absolute Gasteiger partial charge is 0.461 e. The average Bonchev–Trinajstić information content (AvgIpc) is 3.06. The maximum Gasteiger partial charge on any atom is 0.368 e. The summed E-state index contributed by atoms with van der Waals surface area (Å²) in [6, 6.07) is 5.52. The van der Waals surface area contributed by atoms with Crippen molar-refractivity contribution in [3.8, 4) is 0 Å². The van der Waals surface area contributed by atoms with Gasteiger partial charge >= 0.3 is 5.97 Å². The van der Waals surface area contributed by atoms with Crippen molar-refractivity contribution >= 4 is 17.8 Å². The van der Waals surface area contributed by atoms with Gasteiger partial charge in [-0.05, 0) is 13.0 Å². The molecule has 2 saturated heterocycles. The molecular weight excluding hydrogens is 327 g/mol. The number of hydrogen-bond acceptors (Lipinski definition) is 4. The second-order valence-electron chi connectivity index (χ2n) is 6.57. The van der Waals surface area contributed by atoms with E-state index >= 15 is 0 Å². The van der Waals surface area contributed by atoms with E-state index < -0.39 is 41.1 Å². The van der Waals surface area contributed by atoms with Crippen LogP contribution in [0.5, 0.6) is 0 Å². The fourth-order valence-corrected chi connectivity index (χ4v) is 4.24. The van der Waals surface area contributed by atoms with Gasteiger partial charge in [-0.1, -0.05) is 25.1 Å². The Balaban J connectivity index is 2.14. The van der Waals surface area contributed by atoms with Gasteiger partial charge in [-0.3, -0.25) is 14.5 Å². The second kappa shape index (κ2) is 6.22. The molecule has 0 aliphatic carbocycles. The van der Waals surface area contributed by atoms with Crippen molar-refractivity contribution in [2.75, 3.05) is 13.7 Å². The molecule has 4 atom stereocenters. The summed E-state index contributed by atoms with van der Waals surface area (Å²) in [4.78, 5) is 39.2. The number of halogens is 1. The van der Waals surface area contributed by atoms with Gasteiger partial charge in [-0.25, -0.2) is 9.18 Å². The molecule has 7 heteroatoms. The van der Waals surface area contributed by atoms with Gasteiger partial charge in [0.2, 0.25) is 17.4 Å². The van der Waals surface area contributed by atoms with Gasteiger partial charge in [0.15, 0.2) is 0 Å². The van der Waals surface area contributed by atoms with Gasteiger partial charge in [-0.15, -0.1) is 0 Å². The predicted octanol–water partition coefficient (Wildman–Crippen LogP) is 0.387. The molecule has 3 rings (SSSR count). The van der Waals surface area contributed by atoms with Crippen LogP contribution in [-0.2, 0) is 19.1 Å². The molecule has 1 aromatic carbocycles. The highest BCUT2D eigenvalue weighted by Gasteiger charge is 2.71. The normalized spacial score (nSPS) is 31.4. The molecule has 0 saturated carbocycles. The van der Waals surface area contributed by atoms with Crippen molar-refractivity contribution in [1.82, 2.24) is 4.90 Å². The molecule has 0 bridgehead atoms. The van der Waals surface area contributed by atoms with Crippen molar-refractivity contribution in [2.24, 2.45) is 11.8 Å². The topological polar surface area (TPSA) is 80.3 Å². The summed E-state index contributed by atoms with van der Waals surface area (Å²) in [7, 11) is 1.41. The lowest BCUT2D eigenvalue weighted by Crippen LogP contribution is -2.98. The van der Waals surface area contributed by atoms with Crippen molar-refractivity contribution in [1.29, 1.82) is 0 Å². The first-order valence-corrected chi connectivity index (χ1v) is 8.48. The van der Waals surface area contributed by atoms with Crippen molar-refractivity contribution in [3.05, 3.63) is 35.6 Å². The third kappa shape index (κ3) is 2.37. The van der Waals surface area contributed by atoms with Gasteiger partial charge in [0.05, 0.1) is 6.61 Å². The Hall–Kier alpha value is -2.28. The molecule has 2 heterocycles. The minimum absolute atomic E-state index is 0.175. The number of benzene rings is 1. The van der Waals surface area contributed by atoms with Gasteiger partial charge in [-0.2, -0.15) is 0 Å². The molecule has 0 unspecified atom stereocenters. The average molecular weight is 349 g/mol. The first-order chi connectivity index (χ1) is 11.9. The Morgan fingerprint density at radius 2 is 1.96 bits per heavy atom. The summed E-state index contributed by atoms with van der Waals surface area (Å²) in [5.41, 5.74) is -0.890. The quantitative estimate of drug-likeness (QED) is 0.630. The maximum atomic E-state index is 14.4. The number of nitrogens with two attached hydrogens (primary N) is 1. The molecule has 0 aromatic heterocycles. The Labute approximate surface area is 145 Å². The van der Waals surface area contributed by atoms with E-state index in [1.165, 1.54) is 13.1 Å². The number of hydrogen-bond donors (Lipinski definition) is 1. The number of quaternary nitrogens is 1. The third-order valence-corrected chi connectivity index (χ3v) is 5.50. The van der Waals surface area contributed by atoms with E-state index in [4.69, 9.17) is 4.74 Å². The first-order valence-electron chi connectivity index (χ1n) is 8.48. The van der Waals surface area contributed by atoms with E-state index in [0.717, 1.165) is 4.90 Å². The number of ether oxygens (including phenoxy) is 1. The molecule has 2 aliphatic rings. The van der Waals surface area contributed by atoms with Crippen LogP contribution >= 0.6 is 0 Å². The number of nitrogens with zero attached hydrogens (tertiary/aromatic N) is 1. The number of fused-ring (bicyclic) bond motifs is 1. The Bertz CT molecular complexity index is 738. The van der Waals surface area contributed by atoms with E-state index in [0.29, 0.717) is 12.0 Å². The molecule has 2 amide bonds. The van der Waals surface area contributed by atoms with Gasteiger partial charge in [0.25, 0.3) is 0 Å². The van der Waals surface area contributed by atoms with Gasteiger partial charge in [0.1, 0.15) is 23.7 Å². The fourth-order valence-electron chi connectivity index (χ4n) is 4.24. The third-order valence-electron chi connectivity index (χ3n) is 5.50. The van der Waals surface area contributed by atoms with Crippen molar-refractivity contribution in [3.63, 3.8) is 0 Å². The molecule has 25 heavy (non-hydrogen) atoms. The maximum absolute atomic E-state index is 14.4. The minimum Gasteiger partial charge on any atom is -0.461 e. The summed E-state index contributed by atoms with van der Waals surface area (Å²) >= 11 is 0. The molecular formula is C18H22FN2O4+. The van der Waals surface area contributed by atoms with E-state index in [9.17, 15) is 18.8 Å². The lowest BCUT2D eigenvalue weighted by Gasteiger charge is -2.28. The highest BCUT2D eigenvalue weighted by molar-refractivity contribution is 6.08.